The van der Waals surface area contributed by atoms with Gasteiger partial charge in [-0.3, -0.25) is 0 Å². The quantitative estimate of drug-likeness (QED) is 0.548. The molecular weight excluding hydrogens is 403 g/mol. The lowest BCUT2D eigenvalue weighted by Crippen LogP contribution is -2.57. The number of ether oxygens (including phenoxy) is 2. The molecule has 0 saturated carbocycles. The molecule has 0 aromatic heterocycles. The Morgan fingerprint density at radius 2 is 1.44 bits per heavy atom. The highest BCUT2D eigenvalue weighted by Crippen LogP contribution is 2.34. The van der Waals surface area contributed by atoms with Crippen molar-refractivity contribution < 1.29 is 13.9 Å². The number of nitrogens with zero attached hydrogens (tertiary/aromatic N) is 2. The van der Waals surface area contributed by atoms with Gasteiger partial charge in [-0.15, -0.1) is 0 Å². The summed E-state index contributed by atoms with van der Waals surface area (Å²) in [5.41, 5.74) is 3.34. The molecule has 0 atom stereocenters. The molecule has 0 radical (unpaired) electrons. The van der Waals surface area contributed by atoms with Crippen LogP contribution in [0.5, 0.6) is 5.75 Å². The lowest BCUT2D eigenvalue weighted by molar-refractivity contribution is -0.0704. The van der Waals surface area contributed by atoms with Crippen LogP contribution in [0.1, 0.15) is 18.4 Å². The van der Waals surface area contributed by atoms with Crippen LogP contribution < -0.4 is 14.5 Å². The van der Waals surface area contributed by atoms with Crippen molar-refractivity contribution in [3.8, 4) is 5.75 Å². The van der Waals surface area contributed by atoms with Crippen LogP contribution >= 0.6 is 0 Å². The number of benzene rings is 3. The zero-order valence-corrected chi connectivity index (χ0v) is 18.3. The van der Waals surface area contributed by atoms with Crippen molar-refractivity contribution in [3.63, 3.8) is 0 Å². The molecule has 2 saturated heterocycles. The average Bonchev–Trinajstić information content (AvgIpc) is 2.85. The van der Waals surface area contributed by atoms with E-state index >= 15 is 0 Å². The lowest BCUT2D eigenvalue weighted by Gasteiger charge is -2.48. The molecule has 2 heterocycles. The molecule has 0 unspecified atom stereocenters. The maximum absolute atomic E-state index is 13.3. The number of piperidine rings is 1. The minimum atomic E-state index is -0.193. The highest BCUT2D eigenvalue weighted by Gasteiger charge is 2.39. The second-order valence-electron chi connectivity index (χ2n) is 8.68. The average molecular weight is 433 g/mol. The Balaban J connectivity index is 1.16. The Kier molecular flexibility index (Phi) is 5.99. The Hall–Kier alpha value is -3.05. The fourth-order valence-corrected chi connectivity index (χ4v) is 4.69. The van der Waals surface area contributed by atoms with E-state index < -0.39 is 0 Å². The van der Waals surface area contributed by atoms with Crippen LogP contribution in [-0.2, 0) is 11.3 Å². The van der Waals surface area contributed by atoms with Crippen LogP contribution in [0, 0.1) is 5.82 Å². The van der Waals surface area contributed by atoms with Crippen molar-refractivity contribution in [2.75, 3.05) is 42.6 Å². The molecule has 2 fully saturated rings. The molecule has 3 aromatic carbocycles. The van der Waals surface area contributed by atoms with Crippen LogP contribution in [-0.4, -0.2) is 38.4 Å². The van der Waals surface area contributed by atoms with Crippen LogP contribution in [0.4, 0.5) is 15.8 Å². The van der Waals surface area contributed by atoms with E-state index in [2.05, 4.69) is 46.2 Å². The van der Waals surface area contributed by atoms with Crippen LogP contribution in [0.15, 0.2) is 78.9 Å². The smallest absolute Gasteiger partial charge is 0.123 e. The molecule has 1 spiro atoms. The van der Waals surface area contributed by atoms with Gasteiger partial charge >= 0.3 is 0 Å². The van der Waals surface area contributed by atoms with Gasteiger partial charge in [0.15, 0.2) is 0 Å². The standard InChI is InChI=1S/C27H29FN2O2/c28-23-6-8-25(9-7-23)30-18-19-32-27(21-30)14-16-29(17-15-27)24-10-12-26(13-11-24)31-20-22-4-2-1-3-5-22/h1-13H,14-21H2. The zero-order valence-electron chi connectivity index (χ0n) is 18.3. The van der Waals surface area contributed by atoms with E-state index in [4.69, 9.17) is 9.47 Å². The Morgan fingerprint density at radius 1 is 0.781 bits per heavy atom. The number of rotatable bonds is 5. The maximum atomic E-state index is 13.3. The van der Waals surface area contributed by atoms with Crippen LogP contribution in [0.25, 0.3) is 0 Å². The molecule has 0 N–H and O–H groups in total. The number of halogens is 1. The molecule has 5 rings (SSSR count). The summed E-state index contributed by atoms with van der Waals surface area (Å²) in [6, 6.07) is 25.4. The summed E-state index contributed by atoms with van der Waals surface area (Å²) in [6.45, 7) is 4.92. The molecule has 3 aromatic rings. The van der Waals surface area contributed by atoms with Gasteiger partial charge in [0.05, 0.1) is 12.2 Å². The van der Waals surface area contributed by atoms with E-state index in [0.29, 0.717) is 13.2 Å². The van der Waals surface area contributed by atoms with Crippen LogP contribution in [0.3, 0.4) is 0 Å². The Morgan fingerprint density at radius 3 is 2.16 bits per heavy atom. The normalized spacial score (nSPS) is 18.0. The third-order valence-corrected chi connectivity index (χ3v) is 6.57. The largest absolute Gasteiger partial charge is 0.489 e. The summed E-state index contributed by atoms with van der Waals surface area (Å²) in [4.78, 5) is 4.75. The van der Waals surface area contributed by atoms with Gasteiger partial charge in [0, 0.05) is 37.6 Å². The third kappa shape index (κ3) is 4.73. The molecule has 5 heteroatoms. The van der Waals surface area contributed by atoms with E-state index in [9.17, 15) is 4.39 Å². The Labute approximate surface area is 189 Å². The summed E-state index contributed by atoms with van der Waals surface area (Å²) >= 11 is 0. The van der Waals surface area contributed by atoms with Gasteiger partial charge in [0.2, 0.25) is 0 Å². The first-order valence-electron chi connectivity index (χ1n) is 11.4. The van der Waals surface area contributed by atoms with Crippen LogP contribution in [0.2, 0.25) is 0 Å². The highest BCUT2D eigenvalue weighted by atomic mass is 19.1. The number of hydrogen-bond donors (Lipinski definition) is 0. The SMILES string of the molecule is Fc1ccc(N2CCOC3(CCN(c4ccc(OCc5ccccc5)cc4)CC3)C2)cc1. The zero-order chi connectivity index (χ0) is 21.8. The molecule has 166 valence electrons. The highest BCUT2D eigenvalue weighted by molar-refractivity contribution is 5.50. The third-order valence-electron chi connectivity index (χ3n) is 6.57. The van der Waals surface area contributed by atoms with E-state index in [1.165, 1.54) is 23.4 Å². The maximum Gasteiger partial charge on any atom is 0.123 e. The minimum Gasteiger partial charge on any atom is -0.489 e. The van der Waals surface area contributed by atoms with Gasteiger partial charge in [-0.2, -0.15) is 0 Å². The second-order valence-corrected chi connectivity index (χ2v) is 8.68. The minimum absolute atomic E-state index is 0.123. The summed E-state index contributed by atoms with van der Waals surface area (Å²) < 4.78 is 25.5. The second kappa shape index (κ2) is 9.21. The van der Waals surface area contributed by atoms with E-state index in [1.54, 1.807) is 0 Å². The van der Waals surface area contributed by atoms with Gasteiger partial charge < -0.3 is 19.3 Å². The van der Waals surface area contributed by atoms with E-state index in [0.717, 1.165) is 50.5 Å². The summed E-state index contributed by atoms with van der Waals surface area (Å²) in [7, 11) is 0. The monoisotopic (exact) mass is 432 g/mol. The topological polar surface area (TPSA) is 24.9 Å². The summed E-state index contributed by atoms with van der Waals surface area (Å²) in [5, 5.41) is 0. The predicted molar refractivity (Wildman–Crippen MR) is 126 cm³/mol. The van der Waals surface area contributed by atoms with Crippen molar-refractivity contribution in [2.45, 2.75) is 25.0 Å². The molecule has 4 nitrogen and oxygen atoms in total. The molecule has 32 heavy (non-hydrogen) atoms. The van der Waals surface area contributed by atoms with Crippen molar-refractivity contribution in [1.29, 1.82) is 0 Å². The van der Waals surface area contributed by atoms with E-state index in [-0.39, 0.29) is 11.4 Å². The van der Waals surface area contributed by atoms with Crippen molar-refractivity contribution in [1.82, 2.24) is 0 Å². The first-order chi connectivity index (χ1) is 15.7. The van der Waals surface area contributed by atoms with E-state index in [1.807, 2.05) is 30.3 Å². The van der Waals surface area contributed by atoms with Crippen molar-refractivity contribution in [3.05, 3.63) is 90.2 Å². The molecule has 0 bridgehead atoms. The van der Waals surface area contributed by atoms with Gasteiger partial charge in [0.25, 0.3) is 0 Å². The van der Waals surface area contributed by atoms with Gasteiger partial charge in [-0.25, -0.2) is 4.39 Å². The first-order valence-corrected chi connectivity index (χ1v) is 11.4. The van der Waals surface area contributed by atoms with Gasteiger partial charge in [0.1, 0.15) is 18.2 Å². The fraction of sp³-hybridized carbons (Fsp3) is 0.333. The van der Waals surface area contributed by atoms with Crippen molar-refractivity contribution >= 4 is 11.4 Å². The molecular formula is C27H29FN2O2. The number of hydrogen-bond acceptors (Lipinski definition) is 4. The first kappa shape index (κ1) is 20.8. The summed E-state index contributed by atoms with van der Waals surface area (Å²) in [5.74, 6) is 0.693. The molecule has 2 aliphatic rings. The number of morpholine rings is 1. The predicted octanol–water partition coefficient (Wildman–Crippen LogP) is 5.28. The van der Waals surface area contributed by atoms with Crippen molar-refractivity contribution in [2.24, 2.45) is 0 Å². The lowest BCUT2D eigenvalue weighted by atomic mass is 9.89. The van der Waals surface area contributed by atoms with Gasteiger partial charge in [-0.1, -0.05) is 30.3 Å². The number of anilines is 2. The van der Waals surface area contributed by atoms with Gasteiger partial charge in [-0.05, 0) is 66.9 Å². The molecule has 0 aliphatic carbocycles. The summed E-state index contributed by atoms with van der Waals surface area (Å²) in [6.07, 6.45) is 1.97. The fourth-order valence-electron chi connectivity index (χ4n) is 4.69. The Bertz CT molecular complexity index is 1000. The molecule has 0 amide bonds. The molecule has 2 aliphatic heterocycles.